The maximum Gasteiger partial charge on any atom is 0.287 e. The van der Waals surface area contributed by atoms with Gasteiger partial charge in [-0.15, -0.1) is 11.3 Å². The first-order valence-electron chi connectivity index (χ1n) is 7.12. The minimum Gasteiger partial charge on any atom is -0.451 e. The van der Waals surface area contributed by atoms with E-state index in [1.54, 1.807) is 25.1 Å². The number of aryl methyl sites for hydroxylation is 1. The third-order valence-electron chi connectivity index (χ3n) is 3.75. The quantitative estimate of drug-likeness (QED) is 0.745. The minimum atomic E-state index is -1.12. The summed E-state index contributed by atoms with van der Waals surface area (Å²) in [6, 6.07) is 8.93. The fourth-order valence-corrected chi connectivity index (χ4v) is 3.37. The number of hydrogen-bond acceptors (Lipinski definition) is 4. The molecule has 0 aliphatic rings. The maximum atomic E-state index is 12.4. The van der Waals surface area contributed by atoms with Gasteiger partial charge in [-0.3, -0.25) is 4.79 Å². The van der Waals surface area contributed by atoms with Gasteiger partial charge in [0.2, 0.25) is 0 Å². The predicted molar refractivity (Wildman–Crippen MR) is 92.2 cm³/mol. The number of hydrogen-bond donors (Lipinski definition) is 2. The summed E-state index contributed by atoms with van der Waals surface area (Å²) in [6.07, 6.45) is 0. The summed E-state index contributed by atoms with van der Waals surface area (Å²) in [5, 5.41) is 16.5. The minimum absolute atomic E-state index is 0.101. The summed E-state index contributed by atoms with van der Waals surface area (Å²) in [7, 11) is 0. The van der Waals surface area contributed by atoms with Crippen LogP contribution in [-0.4, -0.2) is 17.6 Å². The third kappa shape index (κ3) is 3.13. The molecule has 23 heavy (non-hydrogen) atoms. The smallest absolute Gasteiger partial charge is 0.287 e. The van der Waals surface area contributed by atoms with Gasteiger partial charge in [-0.2, -0.15) is 0 Å². The van der Waals surface area contributed by atoms with Gasteiger partial charge in [-0.25, -0.2) is 0 Å². The van der Waals surface area contributed by atoms with Crippen molar-refractivity contribution in [3.05, 3.63) is 56.9 Å². The Kier molecular flexibility index (Phi) is 4.19. The van der Waals surface area contributed by atoms with Crippen molar-refractivity contribution in [2.75, 3.05) is 6.54 Å². The lowest BCUT2D eigenvalue weighted by Crippen LogP contribution is -2.38. The number of benzene rings is 1. The molecular weight excluding hydrogens is 334 g/mol. The van der Waals surface area contributed by atoms with Gasteiger partial charge in [-0.1, -0.05) is 17.7 Å². The molecule has 0 fully saturated rings. The van der Waals surface area contributed by atoms with Gasteiger partial charge in [0.05, 0.1) is 6.54 Å². The van der Waals surface area contributed by atoms with E-state index in [9.17, 15) is 9.90 Å². The second-order valence-electron chi connectivity index (χ2n) is 5.63. The topological polar surface area (TPSA) is 62.5 Å². The Hall–Kier alpha value is -1.82. The molecule has 1 aromatic carbocycles. The first-order chi connectivity index (χ1) is 10.9. The molecule has 1 atom stereocenters. The van der Waals surface area contributed by atoms with Crippen LogP contribution in [0.2, 0.25) is 5.02 Å². The first-order valence-corrected chi connectivity index (χ1v) is 8.37. The third-order valence-corrected chi connectivity index (χ3v) is 5.11. The van der Waals surface area contributed by atoms with E-state index in [-0.39, 0.29) is 18.2 Å². The molecule has 0 spiro atoms. The monoisotopic (exact) mass is 349 g/mol. The summed E-state index contributed by atoms with van der Waals surface area (Å²) in [5.74, 6) is -0.115. The average Bonchev–Trinajstić information content (AvgIpc) is 3.15. The van der Waals surface area contributed by atoms with Crippen molar-refractivity contribution in [2.45, 2.75) is 19.4 Å². The van der Waals surface area contributed by atoms with E-state index in [1.807, 2.05) is 24.4 Å². The number of halogens is 1. The fourth-order valence-electron chi connectivity index (χ4n) is 2.41. The molecule has 0 radical (unpaired) electrons. The fraction of sp³-hybridized carbons (Fsp3) is 0.235. The zero-order valence-electron chi connectivity index (χ0n) is 12.7. The van der Waals surface area contributed by atoms with Crippen LogP contribution >= 0.6 is 22.9 Å². The van der Waals surface area contributed by atoms with Crippen LogP contribution in [0.3, 0.4) is 0 Å². The first kappa shape index (κ1) is 16.1. The van der Waals surface area contributed by atoms with Crippen molar-refractivity contribution in [1.82, 2.24) is 5.32 Å². The number of furan rings is 1. The lowest BCUT2D eigenvalue weighted by atomic mass is 10.1. The molecule has 0 bridgehead atoms. The predicted octanol–water partition coefficient (Wildman–Crippen LogP) is 4.09. The zero-order valence-corrected chi connectivity index (χ0v) is 14.3. The maximum absolute atomic E-state index is 12.4. The molecule has 0 saturated heterocycles. The van der Waals surface area contributed by atoms with Crippen molar-refractivity contribution in [3.8, 4) is 0 Å². The number of carbonyl (C=O) groups excluding carboxylic acids is 1. The normalized spacial score (nSPS) is 13.9. The molecule has 0 aliphatic carbocycles. The molecule has 4 nitrogen and oxygen atoms in total. The number of rotatable bonds is 4. The van der Waals surface area contributed by atoms with Gasteiger partial charge in [-0.05, 0) is 43.5 Å². The molecule has 0 aliphatic heterocycles. The Bertz CT molecular complexity index is 852. The van der Waals surface area contributed by atoms with Gasteiger partial charge < -0.3 is 14.8 Å². The van der Waals surface area contributed by atoms with Crippen LogP contribution in [0.5, 0.6) is 0 Å². The highest BCUT2D eigenvalue weighted by molar-refractivity contribution is 7.10. The SMILES string of the molecule is Cc1c(C(=O)NCC(C)(O)c2cccs2)oc2ccc(Cl)cc12. The summed E-state index contributed by atoms with van der Waals surface area (Å²) in [5.41, 5.74) is 0.227. The highest BCUT2D eigenvalue weighted by Gasteiger charge is 2.26. The molecule has 0 saturated carbocycles. The van der Waals surface area contributed by atoms with Crippen LogP contribution in [0, 0.1) is 6.92 Å². The molecular formula is C17H16ClNO3S. The van der Waals surface area contributed by atoms with Crippen LogP contribution in [0.25, 0.3) is 11.0 Å². The number of thiophene rings is 1. The molecule has 3 aromatic rings. The number of nitrogens with one attached hydrogen (secondary N) is 1. The van der Waals surface area contributed by atoms with Gasteiger partial charge in [0.1, 0.15) is 11.2 Å². The number of fused-ring (bicyclic) bond motifs is 1. The van der Waals surface area contributed by atoms with E-state index >= 15 is 0 Å². The Morgan fingerprint density at radius 1 is 1.43 bits per heavy atom. The molecule has 1 unspecified atom stereocenters. The summed E-state index contributed by atoms with van der Waals surface area (Å²) >= 11 is 7.43. The van der Waals surface area contributed by atoms with Crippen LogP contribution in [-0.2, 0) is 5.60 Å². The lowest BCUT2D eigenvalue weighted by molar-refractivity contribution is 0.0548. The lowest BCUT2D eigenvalue weighted by Gasteiger charge is -2.22. The molecule has 3 rings (SSSR count). The molecule has 6 heteroatoms. The van der Waals surface area contributed by atoms with E-state index in [4.69, 9.17) is 16.0 Å². The van der Waals surface area contributed by atoms with Gasteiger partial charge in [0.15, 0.2) is 5.76 Å². The Balaban J connectivity index is 1.80. The van der Waals surface area contributed by atoms with E-state index in [2.05, 4.69) is 5.32 Å². The molecule has 120 valence electrons. The highest BCUT2D eigenvalue weighted by Crippen LogP contribution is 2.28. The van der Waals surface area contributed by atoms with Crippen LogP contribution < -0.4 is 5.32 Å². The summed E-state index contributed by atoms with van der Waals surface area (Å²) in [4.78, 5) is 13.2. The van der Waals surface area contributed by atoms with Crippen molar-refractivity contribution in [3.63, 3.8) is 0 Å². The number of amides is 1. The van der Waals surface area contributed by atoms with Crippen molar-refractivity contribution >= 4 is 39.8 Å². The largest absolute Gasteiger partial charge is 0.451 e. The molecule has 1 amide bonds. The average molecular weight is 350 g/mol. The van der Waals surface area contributed by atoms with Crippen molar-refractivity contribution in [1.29, 1.82) is 0 Å². The Morgan fingerprint density at radius 3 is 2.91 bits per heavy atom. The van der Waals surface area contributed by atoms with E-state index in [0.29, 0.717) is 10.6 Å². The van der Waals surface area contributed by atoms with Crippen LogP contribution in [0.1, 0.15) is 27.9 Å². The van der Waals surface area contributed by atoms with Crippen LogP contribution in [0.4, 0.5) is 0 Å². The molecule has 2 heterocycles. The second kappa shape index (κ2) is 6.00. The van der Waals surface area contributed by atoms with Crippen molar-refractivity contribution < 1.29 is 14.3 Å². The van der Waals surface area contributed by atoms with E-state index in [0.717, 1.165) is 15.8 Å². The second-order valence-corrected chi connectivity index (χ2v) is 7.01. The van der Waals surface area contributed by atoms with E-state index < -0.39 is 5.60 Å². The Morgan fingerprint density at radius 2 is 2.22 bits per heavy atom. The number of carbonyl (C=O) groups is 1. The molecule has 2 aromatic heterocycles. The van der Waals surface area contributed by atoms with Crippen molar-refractivity contribution in [2.24, 2.45) is 0 Å². The van der Waals surface area contributed by atoms with Crippen LogP contribution in [0.15, 0.2) is 40.1 Å². The summed E-state index contributed by atoms with van der Waals surface area (Å²) < 4.78 is 5.62. The standard InChI is InChI=1S/C17H16ClNO3S/c1-10-12-8-11(18)5-6-13(12)22-15(10)16(20)19-9-17(2,21)14-4-3-7-23-14/h3-8,21H,9H2,1-2H3,(H,19,20). The van der Waals surface area contributed by atoms with Gasteiger partial charge in [0, 0.05) is 20.8 Å². The summed E-state index contributed by atoms with van der Waals surface area (Å²) in [6.45, 7) is 3.59. The van der Waals surface area contributed by atoms with Gasteiger partial charge in [0.25, 0.3) is 5.91 Å². The number of aliphatic hydroxyl groups is 1. The molecule has 2 N–H and O–H groups in total. The van der Waals surface area contributed by atoms with Gasteiger partial charge >= 0.3 is 0 Å². The highest BCUT2D eigenvalue weighted by atomic mass is 35.5. The van der Waals surface area contributed by atoms with E-state index in [1.165, 1.54) is 11.3 Å². The Labute approximate surface area is 142 Å². The zero-order chi connectivity index (χ0) is 16.6.